The molecule has 5 rings (SSSR count). The summed E-state index contributed by atoms with van der Waals surface area (Å²) in [5, 5.41) is 0. The van der Waals surface area contributed by atoms with Crippen LogP contribution in [0.4, 0.5) is 0 Å². The van der Waals surface area contributed by atoms with Crippen LogP contribution < -0.4 is 24.8 Å². The van der Waals surface area contributed by atoms with Gasteiger partial charge in [-0.25, -0.2) is 0 Å². The van der Waals surface area contributed by atoms with E-state index in [0.29, 0.717) is 0 Å². The van der Waals surface area contributed by atoms with E-state index in [9.17, 15) is 0 Å². The molecule has 0 nitrogen and oxygen atoms in total. The number of fused-ring (bicyclic) bond motifs is 2. The van der Waals surface area contributed by atoms with Gasteiger partial charge in [0.05, 0.1) is 0 Å². The average molecular weight is 578 g/mol. The summed E-state index contributed by atoms with van der Waals surface area (Å²) >= 11 is -2.60. The van der Waals surface area contributed by atoms with Gasteiger partial charge in [0.15, 0.2) is 0 Å². The van der Waals surface area contributed by atoms with Crippen LogP contribution in [0.3, 0.4) is 0 Å². The first-order valence-electron chi connectivity index (χ1n) is 10.4. The van der Waals surface area contributed by atoms with Crippen molar-refractivity contribution in [2.45, 2.75) is 48.8 Å². The van der Waals surface area contributed by atoms with E-state index < -0.39 is 20.0 Å². The van der Waals surface area contributed by atoms with E-state index in [2.05, 4.69) is 74.5 Å². The third-order valence-electron chi connectivity index (χ3n) is 7.29. The Morgan fingerprint density at radius 2 is 1.14 bits per heavy atom. The van der Waals surface area contributed by atoms with Gasteiger partial charge in [0.2, 0.25) is 0 Å². The molecule has 0 aromatic heterocycles. The summed E-state index contributed by atoms with van der Waals surface area (Å²) in [6.45, 7) is 4.76. The van der Waals surface area contributed by atoms with Crippen molar-refractivity contribution in [3.8, 4) is 0 Å². The zero-order chi connectivity index (χ0) is 17.7. The summed E-state index contributed by atoms with van der Waals surface area (Å²) in [4.78, 5) is 0. The summed E-state index contributed by atoms with van der Waals surface area (Å²) < 4.78 is 4.81. The topological polar surface area (TPSA) is 0 Å². The van der Waals surface area contributed by atoms with E-state index in [1.165, 1.54) is 30.4 Å². The minimum absolute atomic E-state index is 0. The summed E-state index contributed by atoms with van der Waals surface area (Å²) in [6.07, 6.45) is 9.03. The van der Waals surface area contributed by atoms with Gasteiger partial charge in [-0.3, -0.25) is 0 Å². The molecule has 1 saturated heterocycles. The fourth-order valence-corrected chi connectivity index (χ4v) is 29.3. The van der Waals surface area contributed by atoms with Crippen molar-refractivity contribution in [2.75, 3.05) is 0 Å². The first-order valence-corrected chi connectivity index (χ1v) is 19.6. The number of rotatable bonds is 4. The van der Waals surface area contributed by atoms with Gasteiger partial charge in [0.25, 0.3) is 0 Å². The van der Waals surface area contributed by atoms with Crippen LogP contribution in [0.1, 0.15) is 62.7 Å². The molecule has 146 valence electrons. The molecule has 0 radical (unpaired) electrons. The molecule has 3 heteroatoms. The van der Waals surface area contributed by atoms with E-state index in [0.717, 1.165) is 7.35 Å². The van der Waals surface area contributed by atoms with Crippen LogP contribution >= 0.6 is 0 Å². The van der Waals surface area contributed by atoms with Crippen LogP contribution in [0.2, 0.25) is 8.35 Å². The largest absolute Gasteiger partial charge is 1.00 e. The second kappa shape index (κ2) is 8.62. The first kappa shape index (κ1) is 22.1. The van der Waals surface area contributed by atoms with E-state index >= 15 is 0 Å². The standard InChI is InChI=1S/2C11H11.C3H6.2ClH.Hf/c2*1-2-9-7-10-5-3-4-6-11(10)8-9;1-3-2;;;/h2*3-8H,2H2,1H3;1-3H2;2*1H;/q;;;;;+2/p-2. The molecule has 2 atom stereocenters. The Labute approximate surface area is 186 Å². The third-order valence-corrected chi connectivity index (χ3v) is 29.7. The molecule has 0 bridgehead atoms. The number of allylic oxidation sites excluding steroid dienone is 2. The number of halogens is 2. The maximum absolute atomic E-state index is 2.60. The van der Waals surface area contributed by atoms with E-state index in [4.69, 9.17) is 0 Å². The predicted molar refractivity (Wildman–Crippen MR) is 109 cm³/mol. The van der Waals surface area contributed by atoms with Crippen LogP contribution in [0.25, 0.3) is 12.2 Å². The molecule has 0 spiro atoms. The Kier molecular flexibility index (Phi) is 6.79. The van der Waals surface area contributed by atoms with Crippen molar-refractivity contribution < 1.29 is 44.8 Å². The van der Waals surface area contributed by atoms with E-state index in [1.807, 2.05) is 0 Å². The van der Waals surface area contributed by atoms with Crippen molar-refractivity contribution in [3.05, 3.63) is 81.9 Å². The Morgan fingerprint density at radius 1 is 0.714 bits per heavy atom. The van der Waals surface area contributed by atoms with Crippen molar-refractivity contribution in [1.82, 2.24) is 0 Å². The van der Waals surface area contributed by atoms with Crippen LogP contribution in [0, 0.1) is 0 Å². The van der Waals surface area contributed by atoms with E-state index in [1.54, 1.807) is 30.6 Å². The first-order chi connectivity index (χ1) is 12.8. The Hall–Kier alpha value is -0.630. The van der Waals surface area contributed by atoms with Gasteiger partial charge in [-0.1, -0.05) is 0 Å². The quantitative estimate of drug-likeness (QED) is 0.484. The Balaban J connectivity index is 0.00000112. The van der Waals surface area contributed by atoms with E-state index in [-0.39, 0.29) is 24.8 Å². The van der Waals surface area contributed by atoms with Gasteiger partial charge in [0.1, 0.15) is 0 Å². The van der Waals surface area contributed by atoms with Crippen LogP contribution in [0.15, 0.2) is 59.7 Å². The summed E-state index contributed by atoms with van der Waals surface area (Å²) in [5.41, 5.74) is 9.93. The van der Waals surface area contributed by atoms with Gasteiger partial charge in [-0.2, -0.15) is 0 Å². The maximum atomic E-state index is 2.55. The molecule has 1 aliphatic heterocycles. The number of hydrogen-bond donors (Lipinski definition) is 0. The maximum Gasteiger partial charge on any atom is -1.00 e. The Bertz CT molecular complexity index is 852. The molecular formula is C25H28Cl2Hf. The zero-order valence-electron chi connectivity index (χ0n) is 16.7. The minimum atomic E-state index is -2.60. The normalized spacial score (nSPS) is 22.2. The average Bonchev–Trinajstić information content (AvgIpc) is 3.20. The molecule has 0 N–H and O–H groups in total. The second-order valence-corrected chi connectivity index (χ2v) is 25.0. The summed E-state index contributed by atoms with van der Waals surface area (Å²) in [7, 11) is 0. The number of hydrogen-bond acceptors (Lipinski definition) is 0. The molecule has 0 amide bonds. The summed E-state index contributed by atoms with van der Waals surface area (Å²) in [5.74, 6) is 0. The van der Waals surface area contributed by atoms with Crippen molar-refractivity contribution in [2.24, 2.45) is 0 Å². The van der Waals surface area contributed by atoms with Gasteiger partial charge < -0.3 is 24.8 Å². The zero-order valence-corrected chi connectivity index (χ0v) is 21.8. The molecule has 2 aliphatic carbocycles. The molecule has 2 aromatic carbocycles. The van der Waals surface area contributed by atoms with Crippen molar-refractivity contribution in [1.29, 1.82) is 0 Å². The van der Waals surface area contributed by atoms with Crippen molar-refractivity contribution in [3.63, 3.8) is 0 Å². The summed E-state index contributed by atoms with van der Waals surface area (Å²) in [6, 6.07) is 18.6. The minimum Gasteiger partial charge on any atom is -1.00 e. The molecule has 3 aliphatic rings. The molecule has 2 unspecified atom stereocenters. The SMILES string of the molecule is CCC1=Cc2ccccc2[CH]1[Hf+2]1([CH]2C(CC)=Cc3ccccc32)[CH2]C[CH2]1.[Cl-].[Cl-]. The smallest absolute Gasteiger partial charge is 1.00 e. The Morgan fingerprint density at radius 3 is 1.50 bits per heavy atom. The monoisotopic (exact) mass is 578 g/mol. The molecular weight excluding hydrogens is 550 g/mol. The predicted octanol–water partition coefficient (Wildman–Crippen LogP) is 1.49. The van der Waals surface area contributed by atoms with Gasteiger partial charge in [0, 0.05) is 0 Å². The van der Waals surface area contributed by atoms with Gasteiger partial charge in [-0.05, 0) is 0 Å². The fourth-order valence-electron chi connectivity index (χ4n) is 6.08. The van der Waals surface area contributed by atoms with Gasteiger partial charge in [-0.15, -0.1) is 0 Å². The van der Waals surface area contributed by atoms with Gasteiger partial charge >= 0.3 is 163 Å². The fraction of sp³-hybridized carbons (Fsp3) is 0.360. The molecule has 28 heavy (non-hydrogen) atoms. The molecule has 0 saturated carbocycles. The van der Waals surface area contributed by atoms with Crippen LogP contribution in [-0.2, 0) is 20.0 Å². The molecule has 1 fully saturated rings. The van der Waals surface area contributed by atoms with Crippen LogP contribution in [0.5, 0.6) is 0 Å². The number of benzene rings is 2. The third kappa shape index (κ3) is 3.13. The second-order valence-electron chi connectivity index (χ2n) is 8.36. The molecule has 2 aromatic rings. The molecule has 1 heterocycles. The van der Waals surface area contributed by atoms with Crippen LogP contribution in [-0.4, -0.2) is 0 Å². The van der Waals surface area contributed by atoms with Crippen molar-refractivity contribution >= 4 is 12.2 Å².